The quantitative estimate of drug-likeness (QED) is 0.153. The lowest BCUT2D eigenvalue weighted by Gasteiger charge is -2.27. The predicted octanol–water partition coefficient (Wildman–Crippen LogP) is 10.8. The van der Waals surface area contributed by atoms with Gasteiger partial charge in [-0.1, -0.05) is 249 Å². The first-order chi connectivity index (χ1) is 27.8. The zero-order valence-corrected chi connectivity index (χ0v) is 37.4. The highest BCUT2D eigenvalue weighted by atomic mass is 16.5. The summed E-state index contributed by atoms with van der Waals surface area (Å²) in [5.41, 5.74) is 15.7. The largest absolute Gasteiger partial charge is 0.456 e. The van der Waals surface area contributed by atoms with Crippen molar-refractivity contribution < 1.29 is 4.74 Å². The molecule has 0 amide bonds. The number of hydrogen-bond acceptors (Lipinski definition) is 1. The normalized spacial score (nSPS) is 12.9. The maximum absolute atomic E-state index is 6.99. The summed E-state index contributed by atoms with van der Waals surface area (Å²) < 4.78 is 6.99. The molecule has 0 atom stereocenters. The Hall–Kier alpha value is -5.27. The third kappa shape index (κ3) is 7.94. The average molecular weight is 771 g/mol. The van der Waals surface area contributed by atoms with E-state index in [0.29, 0.717) is 0 Å². The summed E-state index contributed by atoms with van der Waals surface area (Å²) in [5.74, 6) is 1.82. The Bertz CT molecular complexity index is 2510. The van der Waals surface area contributed by atoms with Crippen molar-refractivity contribution >= 4 is 57.0 Å². The molecule has 0 spiro atoms. The smallest absolute Gasteiger partial charge is 0.241 e. The molecule has 0 saturated carbocycles. The van der Waals surface area contributed by atoms with Gasteiger partial charge in [0.1, 0.15) is 11.5 Å². The third-order valence-corrected chi connectivity index (χ3v) is 12.6. The minimum absolute atomic E-state index is 0.0567. The fourth-order valence-electron chi connectivity index (χ4n) is 8.93. The van der Waals surface area contributed by atoms with Gasteiger partial charge in [0.2, 0.25) is 13.4 Å². The van der Waals surface area contributed by atoms with Crippen LogP contribution in [0.3, 0.4) is 0 Å². The molecule has 59 heavy (non-hydrogen) atoms. The molecular formula is C56H60B2O. The van der Waals surface area contributed by atoms with Crippen molar-refractivity contribution in [2.75, 3.05) is 0 Å². The van der Waals surface area contributed by atoms with Crippen LogP contribution in [0.1, 0.15) is 105 Å². The predicted molar refractivity (Wildman–Crippen MR) is 259 cm³/mol. The van der Waals surface area contributed by atoms with Crippen molar-refractivity contribution in [3.05, 3.63) is 168 Å². The lowest BCUT2D eigenvalue weighted by atomic mass is 9.36. The van der Waals surface area contributed by atoms with Gasteiger partial charge in [0.25, 0.3) is 0 Å². The Morgan fingerprint density at radius 1 is 0.339 bits per heavy atom. The summed E-state index contributed by atoms with van der Waals surface area (Å²) in [6.45, 7) is 27.5. The molecule has 1 nitrogen and oxygen atoms in total. The first-order valence-corrected chi connectivity index (χ1v) is 21.6. The monoisotopic (exact) mass is 770 g/mol. The van der Waals surface area contributed by atoms with E-state index in [0.717, 1.165) is 17.1 Å². The molecule has 0 fully saturated rings. The lowest BCUT2D eigenvalue weighted by molar-refractivity contribution is 0.487. The van der Waals surface area contributed by atoms with E-state index in [1.807, 2.05) is 0 Å². The molecule has 7 aromatic rings. The van der Waals surface area contributed by atoms with E-state index in [9.17, 15) is 0 Å². The Morgan fingerprint density at radius 2 is 0.712 bits per heavy atom. The number of ether oxygens (including phenoxy) is 1. The minimum Gasteiger partial charge on any atom is -0.456 e. The maximum atomic E-state index is 6.99. The first-order valence-electron chi connectivity index (χ1n) is 21.6. The first kappa shape index (κ1) is 40.5. The van der Waals surface area contributed by atoms with Crippen molar-refractivity contribution in [3.8, 4) is 22.6 Å². The van der Waals surface area contributed by atoms with E-state index in [1.54, 1.807) is 0 Å². The molecule has 0 N–H and O–H groups in total. The van der Waals surface area contributed by atoms with E-state index in [1.165, 1.54) is 71.4 Å². The van der Waals surface area contributed by atoms with Crippen LogP contribution in [-0.2, 0) is 21.7 Å². The van der Waals surface area contributed by atoms with Crippen molar-refractivity contribution in [1.82, 2.24) is 0 Å². The van der Waals surface area contributed by atoms with Gasteiger partial charge >= 0.3 is 0 Å². The fraction of sp³-hybridized carbons (Fsp3) is 0.286. The Morgan fingerprint density at radius 3 is 1.12 bits per heavy atom. The van der Waals surface area contributed by atoms with Crippen LogP contribution in [0.2, 0.25) is 0 Å². The highest BCUT2D eigenvalue weighted by Crippen LogP contribution is 2.45. The fourth-order valence-corrected chi connectivity index (χ4v) is 8.93. The van der Waals surface area contributed by atoms with Crippen LogP contribution < -0.4 is 37.5 Å². The molecule has 0 radical (unpaired) electrons. The average Bonchev–Trinajstić information content (AvgIpc) is 3.18. The topological polar surface area (TPSA) is 9.23 Å². The van der Waals surface area contributed by atoms with Crippen LogP contribution in [0.15, 0.2) is 146 Å². The molecule has 0 bridgehead atoms. The molecular weight excluding hydrogens is 710 g/mol. The van der Waals surface area contributed by atoms with E-state index < -0.39 is 0 Å². The third-order valence-electron chi connectivity index (χ3n) is 12.6. The number of fused-ring (bicyclic) bond motifs is 2. The van der Waals surface area contributed by atoms with Crippen LogP contribution in [0, 0.1) is 0 Å². The second-order valence-electron chi connectivity index (χ2n) is 21.1. The molecule has 7 aromatic carbocycles. The molecule has 1 aliphatic heterocycles. The zero-order chi connectivity index (χ0) is 42.1. The minimum atomic E-state index is 0.0567. The van der Waals surface area contributed by atoms with Gasteiger partial charge in [0, 0.05) is 10.9 Å². The van der Waals surface area contributed by atoms with Crippen LogP contribution in [-0.4, -0.2) is 13.4 Å². The second kappa shape index (κ2) is 14.8. The highest BCUT2D eigenvalue weighted by Gasteiger charge is 2.31. The summed E-state index contributed by atoms with van der Waals surface area (Å²) >= 11 is 0. The maximum Gasteiger partial charge on any atom is 0.241 e. The molecule has 1 heterocycles. The van der Waals surface area contributed by atoms with Gasteiger partial charge in [-0.2, -0.15) is 0 Å². The number of rotatable bonds is 6. The van der Waals surface area contributed by atoms with Gasteiger partial charge in [0.05, 0.1) is 0 Å². The van der Waals surface area contributed by atoms with Crippen molar-refractivity contribution in [2.24, 2.45) is 0 Å². The summed E-state index contributed by atoms with van der Waals surface area (Å²) in [6.07, 6.45) is 0. The number of hydrogen-bond donors (Lipinski definition) is 0. The summed E-state index contributed by atoms with van der Waals surface area (Å²) in [6, 6.07) is 55.4. The molecule has 8 rings (SSSR count). The number of benzene rings is 7. The van der Waals surface area contributed by atoms with Crippen molar-refractivity contribution in [1.29, 1.82) is 0 Å². The van der Waals surface area contributed by atoms with Crippen LogP contribution in [0.25, 0.3) is 21.9 Å². The van der Waals surface area contributed by atoms with E-state index >= 15 is 0 Å². The van der Waals surface area contributed by atoms with Gasteiger partial charge in [-0.25, -0.2) is 0 Å². The lowest BCUT2D eigenvalue weighted by Crippen LogP contribution is -2.52. The van der Waals surface area contributed by atoms with E-state index in [-0.39, 0.29) is 35.1 Å². The molecule has 296 valence electrons. The van der Waals surface area contributed by atoms with Crippen molar-refractivity contribution in [2.45, 2.75) is 105 Å². The van der Waals surface area contributed by atoms with Crippen LogP contribution >= 0.6 is 0 Å². The van der Waals surface area contributed by atoms with Gasteiger partial charge in [-0.3, -0.25) is 0 Å². The Kier molecular flexibility index (Phi) is 10.1. The molecule has 0 aromatic heterocycles. The highest BCUT2D eigenvalue weighted by molar-refractivity contribution is 6.97. The summed E-state index contributed by atoms with van der Waals surface area (Å²) in [5, 5.41) is 2.41. The van der Waals surface area contributed by atoms with E-state index in [2.05, 4.69) is 229 Å². The summed E-state index contributed by atoms with van der Waals surface area (Å²) in [7, 11) is 0. The van der Waals surface area contributed by atoms with Crippen LogP contribution in [0.5, 0.6) is 11.5 Å². The SMILES string of the molecule is CC(C)(C)c1ccc(B(c2ccc(C(C)(C)C)cc2)c2ccc3c(c2)Oc2cccc4c(B(c5ccc(C(C)(C)C)cc5)c5ccc(C(C)(C)C)cc5)ccc-3c24)cc1. The van der Waals surface area contributed by atoms with Gasteiger partial charge < -0.3 is 4.74 Å². The van der Waals surface area contributed by atoms with Gasteiger partial charge in [-0.15, -0.1) is 0 Å². The molecule has 0 unspecified atom stereocenters. The standard InChI is InChI=1S/C56H60B2O/c1-53(2,3)37-16-24-41(25-17-37)57(42-26-18-38(19-27-42)54(4,5)6)45-32-33-46-47-34-35-49(48-14-13-15-50(52(47)48)59-51(46)36-45)58(43-28-20-39(21-29-43)55(7,8)9)44-30-22-40(23-31-44)56(10,11)12/h13-36H,1-12H3. The van der Waals surface area contributed by atoms with Crippen molar-refractivity contribution in [3.63, 3.8) is 0 Å². The Balaban J connectivity index is 1.24. The Labute approximate surface area is 355 Å². The van der Waals surface area contributed by atoms with Crippen LogP contribution in [0.4, 0.5) is 0 Å². The molecule has 0 saturated heterocycles. The second-order valence-corrected chi connectivity index (χ2v) is 21.1. The molecule has 0 aliphatic carbocycles. The zero-order valence-electron chi connectivity index (χ0n) is 37.4. The van der Waals surface area contributed by atoms with Gasteiger partial charge in [-0.05, 0) is 67.0 Å². The van der Waals surface area contributed by atoms with Gasteiger partial charge in [0.15, 0.2) is 0 Å². The van der Waals surface area contributed by atoms with E-state index in [4.69, 9.17) is 4.74 Å². The molecule has 1 aliphatic rings. The molecule has 3 heteroatoms. The summed E-state index contributed by atoms with van der Waals surface area (Å²) in [4.78, 5) is 0.